The number of allylic oxidation sites excluding steroid dienone is 1. The zero-order chi connectivity index (χ0) is 15.1. The summed E-state index contributed by atoms with van der Waals surface area (Å²) in [6, 6.07) is 18.8. The van der Waals surface area contributed by atoms with Crippen LogP contribution in [0.5, 0.6) is 5.75 Å². The summed E-state index contributed by atoms with van der Waals surface area (Å²) in [6.07, 6.45) is 1.53. The van der Waals surface area contributed by atoms with E-state index in [4.69, 9.17) is 15.3 Å². The van der Waals surface area contributed by atoms with Gasteiger partial charge in [-0.05, 0) is 29.8 Å². The molecule has 0 fully saturated rings. The Morgan fingerprint density at radius 1 is 1.10 bits per heavy atom. The van der Waals surface area contributed by atoms with Crippen molar-refractivity contribution in [3.8, 4) is 17.9 Å². The van der Waals surface area contributed by atoms with Gasteiger partial charge in [0.2, 0.25) is 0 Å². The molecular weight excluding hydrogens is 328 g/mol. The van der Waals surface area contributed by atoms with E-state index in [1.165, 1.54) is 6.08 Å². The molecule has 0 amide bonds. The molecule has 0 saturated carbocycles. The number of rotatable bonds is 4. The molecule has 0 unspecified atom stereocenters. The van der Waals surface area contributed by atoms with Crippen LogP contribution >= 0.6 is 15.9 Å². The Morgan fingerprint density at radius 2 is 1.86 bits per heavy atom. The van der Waals surface area contributed by atoms with Crippen molar-refractivity contribution >= 4 is 22.0 Å². The van der Waals surface area contributed by atoms with E-state index in [1.807, 2.05) is 54.6 Å². The summed E-state index contributed by atoms with van der Waals surface area (Å²) in [6.45, 7) is 0.442. The minimum Gasteiger partial charge on any atom is -0.489 e. The zero-order valence-corrected chi connectivity index (χ0v) is 12.7. The van der Waals surface area contributed by atoms with E-state index in [1.54, 1.807) is 6.07 Å². The van der Waals surface area contributed by atoms with Crippen LogP contribution in [-0.2, 0) is 6.61 Å². The summed E-state index contributed by atoms with van der Waals surface area (Å²) in [7, 11) is 0. The van der Waals surface area contributed by atoms with Crippen molar-refractivity contribution in [2.45, 2.75) is 6.61 Å². The fraction of sp³-hybridized carbons (Fsp3) is 0.0588. The zero-order valence-electron chi connectivity index (χ0n) is 11.1. The third-order valence-electron chi connectivity index (χ3n) is 2.76. The minimum absolute atomic E-state index is 0.0675. The van der Waals surface area contributed by atoms with Gasteiger partial charge in [0.05, 0.1) is 0 Å². The second-order valence-corrected chi connectivity index (χ2v) is 5.09. The van der Waals surface area contributed by atoms with Gasteiger partial charge in [-0.1, -0.05) is 46.3 Å². The van der Waals surface area contributed by atoms with Gasteiger partial charge in [-0.25, -0.2) is 0 Å². The van der Waals surface area contributed by atoms with Gasteiger partial charge in [0.15, 0.2) is 0 Å². The second kappa shape index (κ2) is 7.28. The molecule has 4 heteroatoms. The normalized spacial score (nSPS) is 9.29. The van der Waals surface area contributed by atoms with Gasteiger partial charge in [-0.2, -0.15) is 10.5 Å². The molecule has 0 aromatic heterocycles. The summed E-state index contributed by atoms with van der Waals surface area (Å²) in [4.78, 5) is 0. The number of ether oxygens (including phenoxy) is 1. The molecule has 2 rings (SSSR count). The van der Waals surface area contributed by atoms with Crippen molar-refractivity contribution in [2.24, 2.45) is 0 Å². The Balaban J connectivity index is 2.13. The van der Waals surface area contributed by atoms with Crippen molar-refractivity contribution in [2.75, 3.05) is 0 Å². The Bertz CT molecular complexity index is 738. The molecule has 3 nitrogen and oxygen atoms in total. The molecule has 0 radical (unpaired) electrons. The molecule has 0 N–H and O–H groups in total. The van der Waals surface area contributed by atoms with E-state index >= 15 is 0 Å². The molecule has 102 valence electrons. The van der Waals surface area contributed by atoms with Crippen molar-refractivity contribution in [1.82, 2.24) is 0 Å². The topological polar surface area (TPSA) is 56.8 Å². The van der Waals surface area contributed by atoms with Gasteiger partial charge >= 0.3 is 0 Å². The van der Waals surface area contributed by atoms with Crippen LogP contribution < -0.4 is 4.74 Å². The van der Waals surface area contributed by atoms with Crippen LogP contribution in [-0.4, -0.2) is 0 Å². The fourth-order valence-corrected chi connectivity index (χ4v) is 2.13. The lowest BCUT2D eigenvalue weighted by Crippen LogP contribution is -1.96. The maximum Gasteiger partial charge on any atom is 0.130 e. The fourth-order valence-electron chi connectivity index (χ4n) is 1.73. The smallest absolute Gasteiger partial charge is 0.130 e. The largest absolute Gasteiger partial charge is 0.489 e. The lowest BCUT2D eigenvalue weighted by molar-refractivity contribution is 0.305. The highest BCUT2D eigenvalue weighted by Crippen LogP contribution is 2.20. The highest BCUT2D eigenvalue weighted by atomic mass is 79.9. The van der Waals surface area contributed by atoms with Gasteiger partial charge in [-0.3, -0.25) is 0 Å². The first-order valence-electron chi connectivity index (χ1n) is 6.21. The van der Waals surface area contributed by atoms with Crippen LogP contribution in [0.25, 0.3) is 6.08 Å². The first-order valence-corrected chi connectivity index (χ1v) is 7.00. The molecule has 0 saturated heterocycles. The average Bonchev–Trinajstić information content (AvgIpc) is 2.52. The first-order chi connectivity index (χ1) is 10.2. The van der Waals surface area contributed by atoms with Crippen LogP contribution in [0.4, 0.5) is 0 Å². The number of benzene rings is 2. The number of halogens is 1. The van der Waals surface area contributed by atoms with Gasteiger partial charge in [0.25, 0.3) is 0 Å². The number of nitrogens with zero attached hydrogens (tertiary/aromatic N) is 2. The van der Waals surface area contributed by atoms with Gasteiger partial charge in [-0.15, -0.1) is 0 Å². The van der Waals surface area contributed by atoms with Crippen LogP contribution in [0.2, 0.25) is 0 Å². The Morgan fingerprint density at radius 3 is 2.57 bits per heavy atom. The number of hydrogen-bond donors (Lipinski definition) is 0. The Kier molecular flexibility index (Phi) is 5.15. The highest BCUT2D eigenvalue weighted by Gasteiger charge is 2.01. The predicted molar refractivity (Wildman–Crippen MR) is 84.1 cm³/mol. The number of nitriles is 2. The van der Waals surface area contributed by atoms with E-state index in [2.05, 4.69) is 15.9 Å². The maximum absolute atomic E-state index is 8.76. The molecule has 0 spiro atoms. The molecule has 2 aromatic carbocycles. The van der Waals surface area contributed by atoms with E-state index in [0.29, 0.717) is 12.4 Å². The average molecular weight is 339 g/mol. The molecule has 0 bridgehead atoms. The maximum atomic E-state index is 8.76. The molecule has 0 aliphatic rings. The quantitative estimate of drug-likeness (QED) is 0.773. The van der Waals surface area contributed by atoms with Crippen LogP contribution in [0, 0.1) is 22.7 Å². The monoisotopic (exact) mass is 338 g/mol. The summed E-state index contributed by atoms with van der Waals surface area (Å²) < 4.78 is 6.73. The molecule has 2 aromatic rings. The van der Waals surface area contributed by atoms with E-state index in [-0.39, 0.29) is 5.57 Å². The third-order valence-corrected chi connectivity index (χ3v) is 3.54. The summed E-state index contributed by atoms with van der Waals surface area (Å²) in [5.41, 5.74) is 1.88. The minimum atomic E-state index is 0.0675. The lowest BCUT2D eigenvalue weighted by atomic mass is 10.1. The molecular formula is C17H11BrN2O. The molecule has 0 aliphatic carbocycles. The van der Waals surface area contributed by atoms with E-state index < -0.39 is 0 Å². The summed E-state index contributed by atoms with van der Waals surface area (Å²) in [5, 5.41) is 17.5. The number of hydrogen-bond acceptors (Lipinski definition) is 3. The van der Waals surface area contributed by atoms with Crippen LogP contribution in [0.1, 0.15) is 11.1 Å². The SMILES string of the molecule is N#CC(C#N)=Cc1cccc(OCc2ccccc2Br)c1. The van der Waals surface area contributed by atoms with Gasteiger partial charge in [0.1, 0.15) is 30.1 Å². The van der Waals surface area contributed by atoms with E-state index in [9.17, 15) is 0 Å². The molecule has 21 heavy (non-hydrogen) atoms. The standard InChI is InChI=1S/C17H11BrN2O/c18-17-7-2-1-5-15(17)12-21-16-6-3-4-13(9-16)8-14(10-19)11-20/h1-9H,12H2. The van der Waals surface area contributed by atoms with Crippen molar-refractivity contribution in [3.05, 3.63) is 69.7 Å². The van der Waals surface area contributed by atoms with Crippen LogP contribution in [0.3, 0.4) is 0 Å². The molecule has 0 aliphatic heterocycles. The Hall–Kier alpha value is -2.56. The summed E-state index contributed by atoms with van der Waals surface area (Å²) >= 11 is 3.47. The predicted octanol–water partition coefficient (Wildman–Crippen LogP) is 4.46. The highest BCUT2D eigenvalue weighted by molar-refractivity contribution is 9.10. The second-order valence-electron chi connectivity index (χ2n) is 4.23. The van der Waals surface area contributed by atoms with E-state index in [0.717, 1.165) is 15.6 Å². The van der Waals surface area contributed by atoms with Gasteiger partial charge < -0.3 is 4.74 Å². The molecule has 0 heterocycles. The van der Waals surface area contributed by atoms with Gasteiger partial charge in [0, 0.05) is 10.0 Å². The molecule has 0 atom stereocenters. The van der Waals surface area contributed by atoms with Crippen molar-refractivity contribution in [3.63, 3.8) is 0 Å². The Labute approximate surface area is 131 Å². The third kappa shape index (κ3) is 4.21. The summed E-state index contributed by atoms with van der Waals surface area (Å²) in [5.74, 6) is 0.690. The van der Waals surface area contributed by atoms with Crippen LogP contribution in [0.15, 0.2) is 58.6 Å². The first kappa shape index (κ1) is 14.8. The van der Waals surface area contributed by atoms with Crippen molar-refractivity contribution < 1.29 is 4.74 Å². The lowest BCUT2D eigenvalue weighted by Gasteiger charge is -2.08. The van der Waals surface area contributed by atoms with Crippen molar-refractivity contribution in [1.29, 1.82) is 10.5 Å².